The van der Waals surface area contributed by atoms with Gasteiger partial charge in [-0.2, -0.15) is 5.10 Å². The first kappa shape index (κ1) is 16.5. The molecule has 24 heavy (non-hydrogen) atoms. The average Bonchev–Trinajstić information content (AvgIpc) is 2.55. The van der Waals surface area contributed by atoms with E-state index in [9.17, 15) is 25.0 Å². The van der Waals surface area contributed by atoms with Gasteiger partial charge in [0, 0.05) is 6.07 Å². The van der Waals surface area contributed by atoms with Gasteiger partial charge in [0.05, 0.1) is 27.7 Å². The molecule has 0 spiro atoms. The third-order valence-electron chi connectivity index (χ3n) is 2.95. The monoisotopic (exact) mass is 330 g/mol. The lowest BCUT2D eigenvalue weighted by Crippen LogP contribution is -1.99. The number of benzene rings is 2. The van der Waals surface area contributed by atoms with Gasteiger partial charge >= 0.3 is 11.7 Å². The van der Waals surface area contributed by atoms with Gasteiger partial charge < -0.3 is 5.11 Å². The molecule has 0 bridgehead atoms. The van der Waals surface area contributed by atoms with Gasteiger partial charge in [-0.25, -0.2) is 4.79 Å². The van der Waals surface area contributed by atoms with Gasteiger partial charge in [0.25, 0.3) is 5.69 Å². The normalized spacial score (nSPS) is 10.5. The minimum Gasteiger partial charge on any atom is -0.478 e. The number of non-ortho nitro benzene ring substituents is 1. The number of carboxylic acid groups (broad SMARTS) is 1. The number of nitro benzene ring substituents is 2. The second-order valence-electron chi connectivity index (χ2n) is 4.51. The van der Waals surface area contributed by atoms with Crippen LogP contribution in [0.1, 0.15) is 15.9 Å². The number of carboxylic acids is 1. The molecule has 0 unspecified atom stereocenters. The lowest BCUT2D eigenvalue weighted by Gasteiger charge is -2.02. The van der Waals surface area contributed by atoms with Crippen LogP contribution in [-0.2, 0) is 0 Å². The number of hydrazone groups is 1. The standard InChI is InChI=1S/C14H10N4O6/c19-14(20)10-3-1-9(2-4-10)8-15-16-12-6-5-11(17(21)22)7-13(12)18(23)24/h1-8,16H,(H,19,20). The highest BCUT2D eigenvalue weighted by atomic mass is 16.6. The van der Waals surface area contributed by atoms with Crippen LogP contribution in [0.25, 0.3) is 0 Å². The zero-order valence-corrected chi connectivity index (χ0v) is 11.9. The van der Waals surface area contributed by atoms with Crippen molar-refractivity contribution in [2.24, 2.45) is 5.10 Å². The van der Waals surface area contributed by atoms with E-state index in [1.807, 2.05) is 0 Å². The highest BCUT2D eigenvalue weighted by Gasteiger charge is 2.19. The van der Waals surface area contributed by atoms with Crippen molar-refractivity contribution in [1.29, 1.82) is 0 Å². The van der Waals surface area contributed by atoms with Crippen LogP contribution in [0.5, 0.6) is 0 Å². The van der Waals surface area contributed by atoms with E-state index >= 15 is 0 Å². The summed E-state index contributed by atoms with van der Waals surface area (Å²) < 4.78 is 0. The van der Waals surface area contributed by atoms with Crippen molar-refractivity contribution >= 4 is 29.2 Å². The van der Waals surface area contributed by atoms with Crippen molar-refractivity contribution in [2.45, 2.75) is 0 Å². The van der Waals surface area contributed by atoms with E-state index in [1.165, 1.54) is 36.5 Å². The number of rotatable bonds is 6. The van der Waals surface area contributed by atoms with Crippen LogP contribution in [0.4, 0.5) is 17.1 Å². The van der Waals surface area contributed by atoms with Crippen molar-refractivity contribution in [3.8, 4) is 0 Å². The van der Waals surface area contributed by atoms with Crippen LogP contribution in [0.15, 0.2) is 47.6 Å². The van der Waals surface area contributed by atoms with E-state index < -0.39 is 27.2 Å². The Hall–Kier alpha value is -3.82. The van der Waals surface area contributed by atoms with Crippen LogP contribution < -0.4 is 5.43 Å². The Bertz CT molecular complexity index is 832. The Morgan fingerprint density at radius 1 is 1.08 bits per heavy atom. The molecule has 0 aliphatic carbocycles. The van der Waals surface area contributed by atoms with E-state index in [-0.39, 0.29) is 11.3 Å². The molecule has 0 heterocycles. The summed E-state index contributed by atoms with van der Waals surface area (Å²) in [6.07, 6.45) is 1.33. The zero-order valence-electron chi connectivity index (χ0n) is 11.9. The molecule has 0 atom stereocenters. The zero-order chi connectivity index (χ0) is 17.7. The molecule has 2 aromatic carbocycles. The number of nitro groups is 2. The minimum absolute atomic E-state index is 0.0102. The SMILES string of the molecule is O=C(O)c1ccc(C=NNc2ccc([N+](=O)[O-])cc2[N+](=O)[O-])cc1. The molecule has 2 N–H and O–H groups in total. The van der Waals surface area contributed by atoms with Crippen LogP contribution >= 0.6 is 0 Å². The molecule has 0 amide bonds. The van der Waals surface area contributed by atoms with Crippen molar-refractivity contribution in [1.82, 2.24) is 0 Å². The number of hydrogen-bond donors (Lipinski definition) is 2. The smallest absolute Gasteiger partial charge is 0.335 e. The first-order valence-electron chi connectivity index (χ1n) is 6.44. The molecule has 2 aromatic rings. The van der Waals surface area contributed by atoms with E-state index in [0.717, 1.165) is 12.1 Å². The molecule has 10 heteroatoms. The summed E-state index contributed by atoms with van der Waals surface area (Å²) in [5, 5.41) is 34.2. The summed E-state index contributed by atoms with van der Waals surface area (Å²) in [5.41, 5.74) is 2.22. The van der Waals surface area contributed by atoms with Crippen LogP contribution in [0.3, 0.4) is 0 Å². The van der Waals surface area contributed by atoms with Gasteiger partial charge in [-0.1, -0.05) is 12.1 Å². The lowest BCUT2D eigenvalue weighted by molar-refractivity contribution is -0.393. The molecule has 2 rings (SSSR count). The molecule has 0 fully saturated rings. The molecule has 0 aliphatic heterocycles. The Morgan fingerprint density at radius 3 is 2.29 bits per heavy atom. The second-order valence-corrected chi connectivity index (χ2v) is 4.51. The van der Waals surface area contributed by atoms with E-state index in [2.05, 4.69) is 10.5 Å². The number of nitrogens with zero attached hydrogens (tertiary/aromatic N) is 3. The quantitative estimate of drug-likeness (QED) is 0.470. The van der Waals surface area contributed by atoms with Crippen molar-refractivity contribution in [2.75, 3.05) is 5.43 Å². The van der Waals surface area contributed by atoms with Crippen molar-refractivity contribution in [3.05, 3.63) is 73.8 Å². The highest BCUT2D eigenvalue weighted by molar-refractivity contribution is 5.89. The molecular weight excluding hydrogens is 320 g/mol. The first-order chi connectivity index (χ1) is 11.4. The maximum Gasteiger partial charge on any atom is 0.335 e. The number of anilines is 1. The predicted octanol–water partition coefficient (Wildman–Crippen LogP) is 2.65. The van der Waals surface area contributed by atoms with Crippen LogP contribution in [-0.4, -0.2) is 27.1 Å². The molecule has 0 aliphatic rings. The topological polar surface area (TPSA) is 148 Å². The van der Waals surface area contributed by atoms with Gasteiger partial charge in [-0.15, -0.1) is 0 Å². The summed E-state index contributed by atoms with van der Waals surface area (Å²) in [4.78, 5) is 30.9. The first-order valence-corrected chi connectivity index (χ1v) is 6.44. The molecule has 0 saturated carbocycles. The summed E-state index contributed by atoms with van der Waals surface area (Å²) in [6.45, 7) is 0. The fourth-order valence-electron chi connectivity index (χ4n) is 1.77. The summed E-state index contributed by atoms with van der Waals surface area (Å²) in [6, 6.07) is 8.93. The summed E-state index contributed by atoms with van der Waals surface area (Å²) in [7, 11) is 0. The predicted molar refractivity (Wildman–Crippen MR) is 84.4 cm³/mol. The van der Waals surface area contributed by atoms with Gasteiger partial charge in [0.1, 0.15) is 5.69 Å². The molecular formula is C14H10N4O6. The Balaban J connectivity index is 2.17. The largest absolute Gasteiger partial charge is 0.478 e. The number of hydrogen-bond acceptors (Lipinski definition) is 7. The molecule has 0 aromatic heterocycles. The maximum atomic E-state index is 11.0. The van der Waals surface area contributed by atoms with Crippen LogP contribution in [0.2, 0.25) is 0 Å². The number of carbonyl (C=O) groups is 1. The Labute approximate surface area is 134 Å². The summed E-state index contributed by atoms with van der Waals surface area (Å²) in [5.74, 6) is -1.06. The van der Waals surface area contributed by atoms with E-state index in [0.29, 0.717) is 5.56 Å². The van der Waals surface area contributed by atoms with Gasteiger partial charge in [-0.05, 0) is 23.8 Å². The Kier molecular flexibility index (Phi) is 4.80. The molecule has 0 saturated heterocycles. The van der Waals surface area contributed by atoms with Gasteiger partial charge in [0.2, 0.25) is 0 Å². The average molecular weight is 330 g/mol. The van der Waals surface area contributed by atoms with Gasteiger partial charge in [0.15, 0.2) is 0 Å². The fourth-order valence-corrected chi connectivity index (χ4v) is 1.77. The molecule has 10 nitrogen and oxygen atoms in total. The summed E-state index contributed by atoms with van der Waals surface area (Å²) >= 11 is 0. The number of nitrogens with one attached hydrogen (secondary N) is 1. The Morgan fingerprint density at radius 2 is 1.75 bits per heavy atom. The van der Waals surface area contributed by atoms with E-state index in [1.54, 1.807) is 0 Å². The van der Waals surface area contributed by atoms with Crippen molar-refractivity contribution in [3.63, 3.8) is 0 Å². The third kappa shape index (κ3) is 3.88. The molecule has 0 radical (unpaired) electrons. The molecule has 122 valence electrons. The maximum absolute atomic E-state index is 11.0. The lowest BCUT2D eigenvalue weighted by atomic mass is 10.1. The number of aromatic carboxylic acids is 1. The van der Waals surface area contributed by atoms with Gasteiger partial charge in [-0.3, -0.25) is 25.7 Å². The van der Waals surface area contributed by atoms with E-state index in [4.69, 9.17) is 5.11 Å². The van der Waals surface area contributed by atoms with Crippen LogP contribution in [0, 0.1) is 20.2 Å². The second kappa shape index (κ2) is 6.96. The fraction of sp³-hybridized carbons (Fsp3) is 0. The highest BCUT2D eigenvalue weighted by Crippen LogP contribution is 2.28. The van der Waals surface area contributed by atoms with Crippen molar-refractivity contribution < 1.29 is 19.7 Å². The third-order valence-corrected chi connectivity index (χ3v) is 2.95. The minimum atomic E-state index is -1.06.